The van der Waals surface area contributed by atoms with Crippen LogP contribution in [0.25, 0.3) is 0 Å². The highest BCUT2D eigenvalue weighted by Crippen LogP contribution is 2.29. The first-order chi connectivity index (χ1) is 14.4. The number of nitro benzene ring substituents is 1. The van der Waals surface area contributed by atoms with Crippen LogP contribution in [0.1, 0.15) is 16.1 Å². The van der Waals surface area contributed by atoms with Gasteiger partial charge in [0.05, 0.1) is 22.7 Å². The van der Waals surface area contributed by atoms with Gasteiger partial charge in [-0.2, -0.15) is 0 Å². The Morgan fingerprint density at radius 2 is 1.90 bits per heavy atom. The fraction of sp³-hybridized carbons (Fsp3) is 0.0625. The fourth-order valence-electron chi connectivity index (χ4n) is 2.34. The third kappa shape index (κ3) is 4.59. The van der Waals surface area contributed by atoms with Gasteiger partial charge in [-0.3, -0.25) is 35.9 Å². The molecule has 2 heterocycles. The van der Waals surface area contributed by atoms with Crippen LogP contribution in [0.4, 0.5) is 23.0 Å². The zero-order valence-electron chi connectivity index (χ0n) is 14.9. The summed E-state index contributed by atoms with van der Waals surface area (Å²) < 4.78 is 5.14. The molecule has 14 heteroatoms. The van der Waals surface area contributed by atoms with Crippen molar-refractivity contribution in [2.75, 3.05) is 10.7 Å². The number of anilines is 2. The van der Waals surface area contributed by atoms with Gasteiger partial charge in [0.1, 0.15) is 17.1 Å². The van der Waals surface area contributed by atoms with Crippen molar-refractivity contribution in [1.29, 1.82) is 0 Å². The van der Waals surface area contributed by atoms with Gasteiger partial charge in [-0.1, -0.05) is 11.6 Å². The summed E-state index contributed by atoms with van der Waals surface area (Å²) in [5, 5.41) is 25.1. The number of amides is 1. The number of nitrogens with one attached hydrogen (secondary N) is 3. The lowest BCUT2D eigenvalue weighted by atomic mass is 10.2. The minimum absolute atomic E-state index is 0.0912. The monoisotopic (exact) mass is 433 g/mol. The number of rotatable bonds is 8. The molecule has 2 aromatic heterocycles. The van der Waals surface area contributed by atoms with E-state index < -0.39 is 27.1 Å². The van der Waals surface area contributed by atoms with E-state index in [2.05, 4.69) is 26.1 Å². The predicted molar refractivity (Wildman–Crippen MR) is 104 cm³/mol. The van der Waals surface area contributed by atoms with Gasteiger partial charge in [0.15, 0.2) is 0 Å². The molecule has 3 rings (SSSR count). The predicted octanol–water partition coefficient (Wildman–Crippen LogP) is 2.91. The number of carbonyl (C=O) groups excluding carboxylic acids is 1. The second kappa shape index (κ2) is 8.83. The number of halogens is 1. The van der Waals surface area contributed by atoms with Crippen molar-refractivity contribution in [3.8, 4) is 0 Å². The zero-order chi connectivity index (χ0) is 21.7. The van der Waals surface area contributed by atoms with Crippen LogP contribution in [0, 0.1) is 20.2 Å². The minimum atomic E-state index is -0.798. The Bertz CT molecular complexity index is 1110. The third-order valence-electron chi connectivity index (χ3n) is 3.71. The molecule has 3 aromatic rings. The van der Waals surface area contributed by atoms with E-state index in [1.165, 1.54) is 18.4 Å². The van der Waals surface area contributed by atoms with Gasteiger partial charge in [0.2, 0.25) is 11.6 Å². The molecule has 0 saturated heterocycles. The van der Waals surface area contributed by atoms with Crippen LogP contribution in [0.2, 0.25) is 5.02 Å². The number of furan rings is 1. The largest absolute Gasteiger partial charge is 0.467 e. The molecule has 0 spiro atoms. The second-order valence-electron chi connectivity index (χ2n) is 5.61. The Morgan fingerprint density at radius 3 is 2.57 bits per heavy atom. The summed E-state index contributed by atoms with van der Waals surface area (Å²) in [5.74, 6) is -0.679. The molecule has 13 nitrogen and oxygen atoms in total. The number of benzene rings is 1. The van der Waals surface area contributed by atoms with Crippen molar-refractivity contribution in [1.82, 2.24) is 15.4 Å². The first-order valence-corrected chi connectivity index (χ1v) is 8.50. The molecule has 0 atom stereocenters. The lowest BCUT2D eigenvalue weighted by Crippen LogP contribution is -2.30. The van der Waals surface area contributed by atoms with Crippen molar-refractivity contribution in [2.24, 2.45) is 0 Å². The maximum atomic E-state index is 12.3. The Labute approximate surface area is 172 Å². The average molecular weight is 434 g/mol. The molecule has 0 fully saturated rings. The van der Waals surface area contributed by atoms with Crippen LogP contribution in [0.15, 0.2) is 47.3 Å². The molecule has 0 saturated carbocycles. The number of hydrogen-bond donors (Lipinski definition) is 3. The number of nitrogens with zero attached hydrogens (tertiary/aromatic N) is 4. The number of hydrogen-bond acceptors (Lipinski definition) is 10. The molecule has 0 bridgehead atoms. The third-order valence-corrected chi connectivity index (χ3v) is 4.03. The standard InChI is InChI=1S/C16H12ClN7O6/c17-11-4-3-9(6-12(11)23(26)27)16(25)22-21-15-13(24(28)29)14(19-8-20-15)18-7-10-2-1-5-30-10/h1-6,8H,7H2,(H,22,25)(H2,18,19,20,21). The topological polar surface area (TPSA) is 178 Å². The van der Waals surface area contributed by atoms with Crippen LogP contribution in [-0.4, -0.2) is 25.7 Å². The van der Waals surface area contributed by atoms with E-state index in [1.54, 1.807) is 12.1 Å². The molecule has 0 aliphatic heterocycles. The van der Waals surface area contributed by atoms with Gasteiger partial charge < -0.3 is 9.73 Å². The number of nitro groups is 2. The van der Waals surface area contributed by atoms with Gasteiger partial charge in [0.25, 0.3) is 11.6 Å². The first-order valence-electron chi connectivity index (χ1n) is 8.12. The number of hydrazine groups is 1. The summed E-state index contributed by atoms with van der Waals surface area (Å²) in [6.07, 6.45) is 2.51. The fourth-order valence-corrected chi connectivity index (χ4v) is 2.53. The summed E-state index contributed by atoms with van der Waals surface area (Å²) in [4.78, 5) is 40.8. The molecule has 0 aliphatic rings. The van der Waals surface area contributed by atoms with E-state index in [4.69, 9.17) is 16.0 Å². The molecule has 1 aromatic carbocycles. The van der Waals surface area contributed by atoms with Crippen molar-refractivity contribution in [3.63, 3.8) is 0 Å². The van der Waals surface area contributed by atoms with Gasteiger partial charge in [0, 0.05) is 11.6 Å². The Hall–Kier alpha value is -4.26. The quantitative estimate of drug-likeness (QED) is 0.353. The highest BCUT2D eigenvalue weighted by atomic mass is 35.5. The molecule has 0 unspecified atom stereocenters. The van der Waals surface area contributed by atoms with E-state index in [1.807, 2.05) is 0 Å². The highest BCUT2D eigenvalue weighted by molar-refractivity contribution is 6.32. The zero-order valence-corrected chi connectivity index (χ0v) is 15.6. The summed E-state index contributed by atoms with van der Waals surface area (Å²) in [7, 11) is 0. The van der Waals surface area contributed by atoms with Crippen LogP contribution >= 0.6 is 11.6 Å². The van der Waals surface area contributed by atoms with Crippen molar-refractivity contribution < 1.29 is 19.1 Å². The van der Waals surface area contributed by atoms with Crippen LogP contribution in [0.5, 0.6) is 0 Å². The normalized spacial score (nSPS) is 10.3. The van der Waals surface area contributed by atoms with Gasteiger partial charge in [-0.15, -0.1) is 0 Å². The lowest BCUT2D eigenvalue weighted by molar-refractivity contribution is -0.384. The Morgan fingerprint density at radius 1 is 1.13 bits per heavy atom. The SMILES string of the molecule is O=C(NNc1ncnc(NCc2ccco2)c1[N+](=O)[O-])c1ccc(Cl)c([N+](=O)[O-])c1. The maximum absolute atomic E-state index is 12.3. The minimum Gasteiger partial charge on any atom is -0.467 e. The summed E-state index contributed by atoms with van der Waals surface area (Å²) in [6.45, 7) is 0.130. The molecule has 0 aliphatic carbocycles. The first kappa shape index (κ1) is 20.5. The highest BCUT2D eigenvalue weighted by Gasteiger charge is 2.24. The number of aromatic nitrogens is 2. The molecule has 0 radical (unpaired) electrons. The van der Waals surface area contributed by atoms with E-state index in [0.717, 1.165) is 12.4 Å². The van der Waals surface area contributed by atoms with Crippen LogP contribution < -0.4 is 16.2 Å². The molecule has 1 amide bonds. The summed E-state index contributed by atoms with van der Waals surface area (Å²) in [5.41, 5.74) is 3.46. The van der Waals surface area contributed by atoms with Gasteiger partial charge >= 0.3 is 5.69 Å². The molecule has 30 heavy (non-hydrogen) atoms. The van der Waals surface area contributed by atoms with Crippen molar-refractivity contribution >= 4 is 40.5 Å². The molecular formula is C16H12ClN7O6. The summed E-state index contributed by atoms with van der Waals surface area (Å²) >= 11 is 5.71. The average Bonchev–Trinajstić information content (AvgIpc) is 3.24. The van der Waals surface area contributed by atoms with Crippen LogP contribution in [0.3, 0.4) is 0 Å². The van der Waals surface area contributed by atoms with Gasteiger partial charge in [-0.05, 0) is 24.3 Å². The van der Waals surface area contributed by atoms with Crippen LogP contribution in [-0.2, 0) is 6.54 Å². The smallest absolute Gasteiger partial charge is 0.354 e. The van der Waals surface area contributed by atoms with E-state index in [0.29, 0.717) is 5.76 Å². The van der Waals surface area contributed by atoms with Crippen molar-refractivity contribution in [3.05, 3.63) is 79.5 Å². The van der Waals surface area contributed by atoms with E-state index in [-0.39, 0.29) is 28.8 Å². The van der Waals surface area contributed by atoms with Crippen molar-refractivity contribution in [2.45, 2.75) is 6.54 Å². The van der Waals surface area contributed by atoms with Gasteiger partial charge in [-0.25, -0.2) is 9.97 Å². The molecule has 3 N–H and O–H groups in total. The lowest BCUT2D eigenvalue weighted by Gasteiger charge is -2.10. The Balaban J connectivity index is 1.77. The summed E-state index contributed by atoms with van der Waals surface area (Å²) in [6, 6.07) is 6.76. The van der Waals surface area contributed by atoms with E-state index in [9.17, 15) is 25.0 Å². The molecule has 154 valence electrons. The van der Waals surface area contributed by atoms with E-state index >= 15 is 0 Å². The second-order valence-corrected chi connectivity index (χ2v) is 6.02. The number of carbonyl (C=O) groups is 1. The maximum Gasteiger partial charge on any atom is 0.354 e. The molecular weight excluding hydrogens is 422 g/mol. The Kier molecular flexibility index (Phi) is 6.03.